The molecule has 0 atom stereocenters. The molecular weight excluding hydrogens is 288 g/mol. The van der Waals surface area contributed by atoms with E-state index in [-0.39, 0.29) is 5.54 Å². The lowest BCUT2D eigenvalue weighted by Gasteiger charge is -2.31. The minimum absolute atomic E-state index is 0.305. The highest BCUT2D eigenvalue weighted by Gasteiger charge is 2.24. The van der Waals surface area contributed by atoms with Gasteiger partial charge in [-0.2, -0.15) is 0 Å². The topological polar surface area (TPSA) is 100 Å². The molecule has 2 rings (SSSR count). The van der Waals surface area contributed by atoms with E-state index in [4.69, 9.17) is 11.5 Å². The number of hydrogen-bond acceptors (Lipinski definition) is 6. The summed E-state index contributed by atoms with van der Waals surface area (Å²) in [6, 6.07) is 8.02. The molecule has 0 radical (unpaired) electrons. The fourth-order valence-corrected chi connectivity index (χ4v) is 2.85. The Labute approximate surface area is 139 Å². The number of nitrogens with two attached hydrogens (primary N) is 2. The van der Waals surface area contributed by atoms with Gasteiger partial charge < -0.3 is 32.7 Å². The van der Waals surface area contributed by atoms with Crippen molar-refractivity contribution in [3.8, 4) is 0 Å². The molecule has 0 amide bonds. The fourth-order valence-electron chi connectivity index (χ4n) is 2.85. The molecule has 23 heavy (non-hydrogen) atoms. The van der Waals surface area contributed by atoms with Crippen LogP contribution in [0.4, 0.5) is 5.69 Å². The molecule has 1 heterocycles. The van der Waals surface area contributed by atoms with E-state index in [1.807, 2.05) is 12.1 Å². The second kappa shape index (κ2) is 9.85. The van der Waals surface area contributed by atoms with E-state index < -0.39 is 0 Å². The lowest BCUT2D eigenvalue weighted by molar-refractivity contribution is 0.365. The zero-order valence-electron chi connectivity index (χ0n) is 14.0. The van der Waals surface area contributed by atoms with Gasteiger partial charge in [0.25, 0.3) is 0 Å². The zero-order valence-corrected chi connectivity index (χ0v) is 14.0. The summed E-state index contributed by atoms with van der Waals surface area (Å²) in [4.78, 5) is 0. The van der Waals surface area contributed by atoms with Crippen LogP contribution in [0.1, 0.15) is 12.0 Å². The first kappa shape index (κ1) is 18.2. The van der Waals surface area contributed by atoms with Gasteiger partial charge in [-0.3, -0.25) is 0 Å². The summed E-state index contributed by atoms with van der Waals surface area (Å²) < 4.78 is 0. The predicted molar refractivity (Wildman–Crippen MR) is 97.6 cm³/mol. The third-order valence-corrected chi connectivity index (χ3v) is 4.15. The molecule has 1 fully saturated rings. The van der Waals surface area contributed by atoms with Crippen LogP contribution in [0.2, 0.25) is 0 Å². The van der Waals surface area contributed by atoms with Gasteiger partial charge in [-0.15, -0.1) is 0 Å². The fraction of sp³-hybridized carbons (Fsp3) is 0.647. The van der Waals surface area contributed by atoms with Gasteiger partial charge in [-0.25, -0.2) is 0 Å². The number of nitrogens with one attached hydrogen (secondary N) is 4. The van der Waals surface area contributed by atoms with Gasteiger partial charge in [0, 0.05) is 50.5 Å². The lowest BCUT2D eigenvalue weighted by Crippen LogP contribution is -2.58. The molecule has 0 spiro atoms. The van der Waals surface area contributed by atoms with Crippen molar-refractivity contribution in [3.05, 3.63) is 29.8 Å². The normalized spacial score (nSPS) is 21.4. The lowest BCUT2D eigenvalue weighted by atomic mass is 9.91. The van der Waals surface area contributed by atoms with Crippen molar-refractivity contribution in [1.29, 1.82) is 0 Å². The largest absolute Gasteiger partial charge is 0.399 e. The van der Waals surface area contributed by atoms with Crippen molar-refractivity contribution >= 4 is 5.69 Å². The van der Waals surface area contributed by atoms with Gasteiger partial charge in [0.2, 0.25) is 0 Å². The molecule has 0 aromatic heterocycles. The number of rotatable bonds is 2. The number of anilines is 1. The van der Waals surface area contributed by atoms with Crippen LogP contribution in [0.3, 0.4) is 0 Å². The molecular formula is C17H32N6. The molecule has 1 aliphatic heterocycles. The van der Waals surface area contributed by atoms with E-state index in [1.54, 1.807) is 0 Å². The zero-order chi connectivity index (χ0) is 16.4. The van der Waals surface area contributed by atoms with Crippen molar-refractivity contribution in [2.24, 2.45) is 5.73 Å². The molecule has 1 aliphatic rings. The number of hydrogen-bond donors (Lipinski definition) is 6. The highest BCUT2D eigenvalue weighted by Crippen LogP contribution is 2.12. The molecule has 1 aromatic carbocycles. The van der Waals surface area contributed by atoms with Crippen LogP contribution >= 0.6 is 0 Å². The van der Waals surface area contributed by atoms with Gasteiger partial charge in [-0.05, 0) is 43.6 Å². The standard InChI is InChI=1S/C17H32N6/c18-16-4-2-15(3-5-16)12-17(19)13-22-10-8-20-6-1-7-21-9-11-23-14-17/h2-5,20-23H,1,6-14,18-19H2. The van der Waals surface area contributed by atoms with Crippen LogP contribution in [0.5, 0.6) is 0 Å². The smallest absolute Gasteiger partial charge is 0.0448 e. The molecule has 0 aliphatic carbocycles. The van der Waals surface area contributed by atoms with Crippen LogP contribution in [-0.4, -0.2) is 57.9 Å². The molecule has 1 saturated heterocycles. The predicted octanol–water partition coefficient (Wildman–Crippen LogP) is -0.729. The van der Waals surface area contributed by atoms with Crippen molar-refractivity contribution < 1.29 is 0 Å². The van der Waals surface area contributed by atoms with E-state index in [9.17, 15) is 0 Å². The Hall–Kier alpha value is -1.18. The van der Waals surface area contributed by atoms with Crippen LogP contribution in [-0.2, 0) is 6.42 Å². The minimum Gasteiger partial charge on any atom is -0.399 e. The average Bonchev–Trinajstić information content (AvgIpc) is 2.54. The Morgan fingerprint density at radius 2 is 1.30 bits per heavy atom. The Kier molecular flexibility index (Phi) is 7.78. The summed E-state index contributed by atoms with van der Waals surface area (Å²) in [5.74, 6) is 0. The highest BCUT2D eigenvalue weighted by atomic mass is 15.0. The van der Waals surface area contributed by atoms with E-state index in [0.717, 1.165) is 70.9 Å². The quantitative estimate of drug-likeness (QED) is 0.402. The van der Waals surface area contributed by atoms with Crippen LogP contribution in [0, 0.1) is 0 Å². The first-order chi connectivity index (χ1) is 11.2. The summed E-state index contributed by atoms with van der Waals surface area (Å²) in [6.45, 7) is 7.53. The van der Waals surface area contributed by atoms with Crippen LogP contribution < -0.4 is 32.7 Å². The summed E-state index contributed by atoms with van der Waals surface area (Å²) in [5, 5.41) is 13.9. The SMILES string of the molecule is Nc1ccc(CC2(N)CNCCNCCCNCCNC2)cc1. The summed E-state index contributed by atoms with van der Waals surface area (Å²) >= 11 is 0. The molecule has 0 unspecified atom stereocenters. The molecule has 6 heteroatoms. The van der Waals surface area contributed by atoms with E-state index in [2.05, 4.69) is 33.4 Å². The summed E-state index contributed by atoms with van der Waals surface area (Å²) in [5.41, 5.74) is 14.2. The van der Waals surface area contributed by atoms with Crippen molar-refractivity contribution in [2.75, 3.05) is 58.1 Å². The Bertz CT molecular complexity index is 419. The van der Waals surface area contributed by atoms with Gasteiger partial charge in [0.05, 0.1) is 0 Å². The summed E-state index contributed by atoms with van der Waals surface area (Å²) in [6.07, 6.45) is 1.99. The molecule has 6 nitrogen and oxygen atoms in total. The van der Waals surface area contributed by atoms with E-state index in [0.29, 0.717) is 0 Å². The molecule has 0 saturated carbocycles. The molecule has 8 N–H and O–H groups in total. The van der Waals surface area contributed by atoms with Gasteiger partial charge in [0.15, 0.2) is 0 Å². The molecule has 1 aromatic rings. The maximum absolute atomic E-state index is 6.68. The Morgan fingerprint density at radius 3 is 1.87 bits per heavy atom. The average molecular weight is 320 g/mol. The van der Waals surface area contributed by atoms with Crippen molar-refractivity contribution in [2.45, 2.75) is 18.4 Å². The van der Waals surface area contributed by atoms with E-state index >= 15 is 0 Å². The third-order valence-electron chi connectivity index (χ3n) is 4.15. The van der Waals surface area contributed by atoms with Crippen LogP contribution in [0.25, 0.3) is 0 Å². The number of benzene rings is 1. The highest BCUT2D eigenvalue weighted by molar-refractivity contribution is 5.39. The third kappa shape index (κ3) is 7.28. The second-order valence-electron chi connectivity index (χ2n) is 6.49. The van der Waals surface area contributed by atoms with Gasteiger partial charge in [-0.1, -0.05) is 12.1 Å². The van der Waals surface area contributed by atoms with Crippen molar-refractivity contribution in [3.63, 3.8) is 0 Å². The Balaban J connectivity index is 1.91. The van der Waals surface area contributed by atoms with Gasteiger partial charge in [0.1, 0.15) is 0 Å². The van der Waals surface area contributed by atoms with E-state index in [1.165, 1.54) is 5.56 Å². The van der Waals surface area contributed by atoms with Crippen LogP contribution in [0.15, 0.2) is 24.3 Å². The van der Waals surface area contributed by atoms with Gasteiger partial charge >= 0.3 is 0 Å². The Morgan fingerprint density at radius 1 is 0.783 bits per heavy atom. The first-order valence-electron chi connectivity index (χ1n) is 8.64. The minimum atomic E-state index is -0.305. The van der Waals surface area contributed by atoms with Crippen molar-refractivity contribution in [1.82, 2.24) is 21.3 Å². The number of nitrogen functional groups attached to an aromatic ring is 1. The molecule has 0 bridgehead atoms. The monoisotopic (exact) mass is 320 g/mol. The summed E-state index contributed by atoms with van der Waals surface area (Å²) in [7, 11) is 0. The maximum Gasteiger partial charge on any atom is 0.0448 e. The maximum atomic E-state index is 6.68. The first-order valence-corrected chi connectivity index (χ1v) is 8.64. The molecule has 130 valence electrons. The second-order valence-corrected chi connectivity index (χ2v) is 6.49.